The Balaban J connectivity index is 2.55. The summed E-state index contributed by atoms with van der Waals surface area (Å²) in [6.45, 7) is 0. The van der Waals surface area contributed by atoms with Crippen molar-refractivity contribution in [2.45, 2.75) is 0 Å². The summed E-state index contributed by atoms with van der Waals surface area (Å²) in [5, 5.41) is 0.484. The first-order chi connectivity index (χ1) is 6.77. The Morgan fingerprint density at radius 2 is 2.07 bits per heavy atom. The summed E-state index contributed by atoms with van der Waals surface area (Å²) in [7, 11) is 0. The van der Waals surface area contributed by atoms with Crippen LogP contribution in [0.3, 0.4) is 0 Å². The third kappa shape index (κ3) is 1.62. The topological polar surface area (TPSA) is 77.6 Å². The molecular formula is C8H6ClN5. The summed E-state index contributed by atoms with van der Waals surface area (Å²) in [6, 6.07) is 3.44. The number of hydrogen-bond donors (Lipinski definition) is 1. The van der Waals surface area contributed by atoms with Crippen LogP contribution in [0.15, 0.2) is 24.7 Å². The standard InChI is InChI=1S/C8H6ClN5/c9-5-2-1-3-11-6(5)7-12-4-13-8(10)14-7/h1-4H,(H2,10,12,13,14). The van der Waals surface area contributed by atoms with E-state index in [1.807, 2.05) is 0 Å². The predicted molar refractivity (Wildman–Crippen MR) is 52.5 cm³/mol. The fraction of sp³-hybridized carbons (Fsp3) is 0. The average molecular weight is 208 g/mol. The summed E-state index contributed by atoms with van der Waals surface area (Å²) in [6.07, 6.45) is 2.93. The van der Waals surface area contributed by atoms with E-state index in [-0.39, 0.29) is 5.95 Å². The van der Waals surface area contributed by atoms with Crippen molar-refractivity contribution < 1.29 is 0 Å². The zero-order valence-electron chi connectivity index (χ0n) is 7.05. The summed E-state index contributed by atoms with van der Waals surface area (Å²) in [4.78, 5) is 15.6. The van der Waals surface area contributed by atoms with Gasteiger partial charge in [0.1, 0.15) is 12.0 Å². The van der Waals surface area contributed by atoms with E-state index in [9.17, 15) is 0 Å². The van der Waals surface area contributed by atoms with Gasteiger partial charge in [-0.25, -0.2) is 9.97 Å². The molecule has 0 saturated heterocycles. The summed E-state index contributed by atoms with van der Waals surface area (Å²) in [5.74, 6) is 0.528. The second-order valence-electron chi connectivity index (χ2n) is 2.50. The van der Waals surface area contributed by atoms with Crippen molar-refractivity contribution in [3.8, 4) is 11.5 Å². The fourth-order valence-corrected chi connectivity index (χ4v) is 1.18. The van der Waals surface area contributed by atoms with E-state index in [2.05, 4.69) is 19.9 Å². The molecule has 0 aromatic carbocycles. The van der Waals surface area contributed by atoms with Crippen LogP contribution in [0.4, 0.5) is 5.95 Å². The van der Waals surface area contributed by atoms with Crippen LogP contribution in [0.5, 0.6) is 0 Å². The smallest absolute Gasteiger partial charge is 0.223 e. The maximum atomic E-state index is 5.91. The van der Waals surface area contributed by atoms with Gasteiger partial charge in [-0.1, -0.05) is 11.6 Å². The van der Waals surface area contributed by atoms with Crippen LogP contribution in [0.2, 0.25) is 5.02 Å². The lowest BCUT2D eigenvalue weighted by Crippen LogP contribution is -1.99. The van der Waals surface area contributed by atoms with Crippen LogP contribution >= 0.6 is 11.6 Å². The van der Waals surface area contributed by atoms with Gasteiger partial charge in [0.25, 0.3) is 0 Å². The highest BCUT2D eigenvalue weighted by atomic mass is 35.5. The SMILES string of the molecule is Nc1ncnc(-c2ncccc2Cl)n1. The van der Waals surface area contributed by atoms with E-state index in [1.54, 1.807) is 18.3 Å². The molecule has 2 heterocycles. The summed E-state index contributed by atoms with van der Waals surface area (Å²) >= 11 is 5.91. The monoisotopic (exact) mass is 207 g/mol. The third-order valence-corrected chi connectivity index (χ3v) is 1.87. The second kappa shape index (κ2) is 3.55. The van der Waals surface area contributed by atoms with Gasteiger partial charge in [0.2, 0.25) is 5.95 Å². The first-order valence-electron chi connectivity index (χ1n) is 3.83. The Labute approximate surface area is 85.0 Å². The van der Waals surface area contributed by atoms with Crippen LogP contribution < -0.4 is 5.73 Å². The Kier molecular flexibility index (Phi) is 2.24. The van der Waals surface area contributed by atoms with E-state index >= 15 is 0 Å². The fourth-order valence-electron chi connectivity index (χ4n) is 0.973. The minimum Gasteiger partial charge on any atom is -0.368 e. The zero-order chi connectivity index (χ0) is 9.97. The van der Waals surface area contributed by atoms with Gasteiger partial charge in [0.05, 0.1) is 5.02 Å². The molecule has 0 unspecified atom stereocenters. The van der Waals surface area contributed by atoms with Crippen LogP contribution in [0.1, 0.15) is 0 Å². The Morgan fingerprint density at radius 3 is 2.79 bits per heavy atom. The summed E-state index contributed by atoms with van der Waals surface area (Å²) < 4.78 is 0. The maximum absolute atomic E-state index is 5.91. The maximum Gasteiger partial charge on any atom is 0.223 e. The van der Waals surface area contributed by atoms with Gasteiger partial charge in [-0.15, -0.1) is 0 Å². The molecule has 0 radical (unpaired) electrons. The molecular weight excluding hydrogens is 202 g/mol. The molecule has 0 fully saturated rings. The predicted octanol–water partition coefficient (Wildman–Crippen LogP) is 1.17. The van der Waals surface area contributed by atoms with Gasteiger partial charge in [0, 0.05) is 6.20 Å². The van der Waals surface area contributed by atoms with Crippen LogP contribution in [0, 0.1) is 0 Å². The molecule has 0 atom stereocenters. The van der Waals surface area contributed by atoms with E-state index in [4.69, 9.17) is 17.3 Å². The Hall–Kier alpha value is -1.75. The number of rotatable bonds is 1. The van der Waals surface area contributed by atoms with Crippen molar-refractivity contribution in [2.75, 3.05) is 5.73 Å². The van der Waals surface area contributed by atoms with Gasteiger partial charge in [-0.3, -0.25) is 4.98 Å². The third-order valence-electron chi connectivity index (χ3n) is 1.56. The van der Waals surface area contributed by atoms with Crippen molar-refractivity contribution in [1.82, 2.24) is 19.9 Å². The molecule has 0 bridgehead atoms. The molecule has 5 nitrogen and oxygen atoms in total. The number of anilines is 1. The molecule has 0 aliphatic carbocycles. The molecule has 0 amide bonds. The van der Waals surface area contributed by atoms with Gasteiger partial charge in [0.15, 0.2) is 5.82 Å². The quantitative estimate of drug-likeness (QED) is 0.760. The van der Waals surface area contributed by atoms with E-state index in [0.29, 0.717) is 16.5 Å². The number of hydrogen-bond acceptors (Lipinski definition) is 5. The minimum atomic E-state index is 0.150. The molecule has 0 aliphatic heterocycles. The summed E-state index contributed by atoms with van der Waals surface area (Å²) in [5.41, 5.74) is 5.92. The number of nitrogens with zero attached hydrogens (tertiary/aromatic N) is 4. The molecule has 2 N–H and O–H groups in total. The molecule has 2 aromatic heterocycles. The number of aromatic nitrogens is 4. The van der Waals surface area contributed by atoms with Crippen LogP contribution in [-0.4, -0.2) is 19.9 Å². The lowest BCUT2D eigenvalue weighted by Gasteiger charge is -2.00. The minimum absolute atomic E-state index is 0.150. The molecule has 70 valence electrons. The van der Waals surface area contributed by atoms with Gasteiger partial charge >= 0.3 is 0 Å². The molecule has 2 aromatic rings. The molecule has 6 heteroatoms. The van der Waals surface area contributed by atoms with Gasteiger partial charge in [-0.2, -0.15) is 4.98 Å². The lowest BCUT2D eigenvalue weighted by molar-refractivity contribution is 1.06. The zero-order valence-corrected chi connectivity index (χ0v) is 7.81. The van der Waals surface area contributed by atoms with Crippen molar-refractivity contribution in [3.63, 3.8) is 0 Å². The average Bonchev–Trinajstić information content (AvgIpc) is 2.18. The highest BCUT2D eigenvalue weighted by Crippen LogP contribution is 2.21. The Bertz CT molecular complexity index is 459. The largest absolute Gasteiger partial charge is 0.368 e. The molecule has 0 saturated carbocycles. The first-order valence-corrected chi connectivity index (χ1v) is 4.20. The van der Waals surface area contributed by atoms with Crippen molar-refractivity contribution >= 4 is 17.5 Å². The van der Waals surface area contributed by atoms with Crippen molar-refractivity contribution in [2.24, 2.45) is 0 Å². The highest BCUT2D eigenvalue weighted by molar-refractivity contribution is 6.32. The van der Waals surface area contributed by atoms with Gasteiger partial charge in [-0.05, 0) is 12.1 Å². The van der Waals surface area contributed by atoms with Crippen molar-refractivity contribution in [3.05, 3.63) is 29.7 Å². The number of halogens is 1. The molecule has 2 rings (SSSR count). The number of nitrogens with two attached hydrogens (primary N) is 1. The van der Waals surface area contributed by atoms with Crippen LogP contribution in [0.25, 0.3) is 11.5 Å². The first kappa shape index (κ1) is 8.83. The highest BCUT2D eigenvalue weighted by Gasteiger charge is 2.07. The van der Waals surface area contributed by atoms with E-state index in [1.165, 1.54) is 6.33 Å². The lowest BCUT2D eigenvalue weighted by atomic mass is 10.3. The normalized spacial score (nSPS) is 10.1. The molecule has 0 aliphatic rings. The van der Waals surface area contributed by atoms with E-state index in [0.717, 1.165) is 0 Å². The van der Waals surface area contributed by atoms with Crippen molar-refractivity contribution in [1.29, 1.82) is 0 Å². The number of nitrogen functional groups attached to an aromatic ring is 1. The number of pyridine rings is 1. The second-order valence-corrected chi connectivity index (χ2v) is 2.91. The molecule has 14 heavy (non-hydrogen) atoms. The Morgan fingerprint density at radius 1 is 1.21 bits per heavy atom. The van der Waals surface area contributed by atoms with E-state index < -0.39 is 0 Å². The van der Waals surface area contributed by atoms with Crippen LogP contribution in [-0.2, 0) is 0 Å². The van der Waals surface area contributed by atoms with Gasteiger partial charge < -0.3 is 5.73 Å². The molecule has 0 spiro atoms.